The van der Waals surface area contributed by atoms with Gasteiger partial charge in [-0.3, -0.25) is 4.79 Å². The molecule has 0 saturated carbocycles. The highest BCUT2D eigenvalue weighted by atomic mass is 32.2. The van der Waals surface area contributed by atoms with Gasteiger partial charge in [-0.1, -0.05) is 0 Å². The number of sulfonamides is 1. The van der Waals surface area contributed by atoms with Crippen LogP contribution in [-0.2, 0) is 14.8 Å². The summed E-state index contributed by atoms with van der Waals surface area (Å²) in [7, 11) is 1.28. The quantitative estimate of drug-likeness (QED) is 0.668. The predicted molar refractivity (Wildman–Crippen MR) is 102 cm³/mol. The van der Waals surface area contributed by atoms with Gasteiger partial charge in [0.05, 0.1) is 27.1 Å². The fraction of sp³-hybridized carbons (Fsp3) is 0.667. The average Bonchev–Trinajstić information content (AvgIpc) is 3.06. The van der Waals surface area contributed by atoms with E-state index in [0.29, 0.717) is 50.7 Å². The van der Waals surface area contributed by atoms with Crippen LogP contribution in [0, 0.1) is 11.3 Å². The van der Waals surface area contributed by atoms with Crippen molar-refractivity contribution in [1.82, 2.24) is 14.2 Å². The van der Waals surface area contributed by atoms with Crippen molar-refractivity contribution >= 4 is 15.9 Å². The summed E-state index contributed by atoms with van der Waals surface area (Å²) in [6.07, 6.45) is 1.90. The molecule has 2 atom stereocenters. The first-order valence-corrected chi connectivity index (χ1v) is 10.9. The van der Waals surface area contributed by atoms with E-state index < -0.39 is 10.0 Å². The van der Waals surface area contributed by atoms with Gasteiger partial charge in [0.25, 0.3) is 5.91 Å². The number of ether oxygens (including phenoxy) is 3. The Kier molecular flexibility index (Phi) is 5.83. The third kappa shape index (κ3) is 3.81. The van der Waals surface area contributed by atoms with Gasteiger partial charge in [-0.25, -0.2) is 12.7 Å². The molecule has 3 heterocycles. The number of hydrogen-bond acceptors (Lipinski definition) is 7. The van der Waals surface area contributed by atoms with E-state index in [9.17, 15) is 13.2 Å². The molecule has 1 aromatic heterocycles. The Balaban J connectivity index is 1.83. The second kappa shape index (κ2) is 7.84. The van der Waals surface area contributed by atoms with Gasteiger partial charge < -0.3 is 19.1 Å². The third-order valence-corrected chi connectivity index (χ3v) is 6.97. The van der Waals surface area contributed by atoms with Crippen LogP contribution < -0.4 is 9.47 Å². The lowest BCUT2D eigenvalue weighted by Crippen LogP contribution is -2.51. The predicted octanol–water partition coefficient (Wildman–Crippen LogP) is 0.469. The number of pyridine rings is 1. The van der Waals surface area contributed by atoms with Crippen LogP contribution in [-0.4, -0.2) is 88.9 Å². The van der Waals surface area contributed by atoms with E-state index in [2.05, 4.69) is 4.98 Å². The van der Waals surface area contributed by atoms with Gasteiger partial charge in [-0.2, -0.15) is 4.98 Å². The molecule has 0 unspecified atom stereocenters. The van der Waals surface area contributed by atoms with Gasteiger partial charge in [0.1, 0.15) is 5.56 Å². The van der Waals surface area contributed by atoms with Crippen LogP contribution in [0.4, 0.5) is 0 Å². The lowest BCUT2D eigenvalue weighted by Gasteiger charge is -2.43. The second-order valence-electron chi connectivity index (χ2n) is 7.46. The van der Waals surface area contributed by atoms with Crippen molar-refractivity contribution in [3.8, 4) is 11.8 Å². The number of aromatic nitrogens is 1. The van der Waals surface area contributed by atoms with Crippen LogP contribution in [0.15, 0.2) is 12.1 Å². The molecular formula is C18H27N3O6S. The molecule has 10 heteroatoms. The molecule has 2 saturated heterocycles. The van der Waals surface area contributed by atoms with Crippen molar-refractivity contribution in [2.24, 2.45) is 11.3 Å². The second-order valence-corrected chi connectivity index (χ2v) is 9.44. The van der Waals surface area contributed by atoms with Crippen molar-refractivity contribution < 1.29 is 27.4 Å². The minimum absolute atomic E-state index is 0.0112. The standard InChI is InChI=1S/C18H27N3O6S/c1-25-12-18-7-8-20(9-13(18)10-21(11-18)28(4,23)24)17(22)14-5-6-15(26-2)19-16(14)27-3/h5-6,13H,7-12H2,1-4H3/t13-,18+/m1/s1. The molecule has 9 nitrogen and oxygen atoms in total. The van der Waals surface area contributed by atoms with Crippen LogP contribution >= 0.6 is 0 Å². The zero-order chi connectivity index (χ0) is 20.5. The summed E-state index contributed by atoms with van der Waals surface area (Å²) in [5.74, 6) is 0.404. The Labute approximate surface area is 165 Å². The normalized spacial score (nSPS) is 25.4. The number of fused-ring (bicyclic) bond motifs is 1. The molecule has 0 aromatic carbocycles. The molecule has 156 valence electrons. The van der Waals surface area contributed by atoms with Crippen LogP contribution in [0.1, 0.15) is 16.8 Å². The van der Waals surface area contributed by atoms with Gasteiger partial charge in [0.15, 0.2) is 0 Å². The summed E-state index contributed by atoms with van der Waals surface area (Å²) in [5, 5.41) is 0. The molecule has 2 aliphatic heterocycles. The van der Waals surface area contributed by atoms with Crippen LogP contribution in [0.2, 0.25) is 0 Å². The van der Waals surface area contributed by atoms with Crippen molar-refractivity contribution in [1.29, 1.82) is 0 Å². The lowest BCUT2D eigenvalue weighted by molar-refractivity contribution is 0.00330. The summed E-state index contributed by atoms with van der Waals surface area (Å²) in [6.45, 7) is 2.28. The Bertz CT molecular complexity index is 846. The summed E-state index contributed by atoms with van der Waals surface area (Å²) < 4.78 is 41.4. The zero-order valence-corrected chi connectivity index (χ0v) is 17.5. The molecule has 0 bridgehead atoms. The van der Waals surface area contributed by atoms with Gasteiger partial charge in [0.2, 0.25) is 21.8 Å². The lowest BCUT2D eigenvalue weighted by atomic mass is 9.73. The molecule has 0 radical (unpaired) electrons. The van der Waals surface area contributed by atoms with E-state index in [1.54, 1.807) is 24.1 Å². The Hall–Kier alpha value is -1.91. The molecular weight excluding hydrogens is 386 g/mol. The van der Waals surface area contributed by atoms with Gasteiger partial charge in [-0.05, 0) is 18.4 Å². The highest BCUT2D eigenvalue weighted by molar-refractivity contribution is 7.88. The van der Waals surface area contributed by atoms with E-state index in [1.807, 2.05) is 0 Å². The molecule has 3 rings (SSSR count). The van der Waals surface area contributed by atoms with Crippen LogP contribution in [0.25, 0.3) is 0 Å². The Morgan fingerprint density at radius 1 is 1.25 bits per heavy atom. The van der Waals surface area contributed by atoms with Gasteiger partial charge >= 0.3 is 0 Å². The molecule has 1 aromatic rings. The minimum Gasteiger partial charge on any atom is -0.481 e. The molecule has 2 aliphatic rings. The molecule has 0 N–H and O–H groups in total. The highest BCUT2D eigenvalue weighted by Crippen LogP contribution is 2.44. The van der Waals surface area contributed by atoms with E-state index >= 15 is 0 Å². The first-order chi connectivity index (χ1) is 13.2. The van der Waals surface area contributed by atoms with E-state index in [4.69, 9.17) is 14.2 Å². The number of amides is 1. The number of rotatable bonds is 6. The number of piperidine rings is 1. The topological polar surface area (TPSA) is 98.3 Å². The van der Waals surface area contributed by atoms with Crippen molar-refractivity contribution in [3.63, 3.8) is 0 Å². The Morgan fingerprint density at radius 2 is 2.00 bits per heavy atom. The monoisotopic (exact) mass is 413 g/mol. The summed E-state index contributed by atoms with van der Waals surface area (Å²) in [5.41, 5.74) is 0.0946. The van der Waals surface area contributed by atoms with Gasteiger partial charge in [0, 0.05) is 44.8 Å². The minimum atomic E-state index is -3.30. The Morgan fingerprint density at radius 3 is 2.61 bits per heavy atom. The number of methoxy groups -OCH3 is 3. The smallest absolute Gasteiger partial charge is 0.259 e. The summed E-state index contributed by atoms with van der Waals surface area (Å²) in [4.78, 5) is 19.0. The zero-order valence-electron chi connectivity index (χ0n) is 16.7. The number of likely N-dealkylation sites (tertiary alicyclic amines) is 1. The maximum Gasteiger partial charge on any atom is 0.259 e. The molecule has 28 heavy (non-hydrogen) atoms. The molecule has 0 spiro atoms. The highest BCUT2D eigenvalue weighted by Gasteiger charge is 2.52. The fourth-order valence-corrected chi connectivity index (χ4v) is 5.16. The van der Waals surface area contributed by atoms with Crippen LogP contribution in [0.5, 0.6) is 11.8 Å². The van der Waals surface area contributed by atoms with Crippen molar-refractivity contribution in [2.45, 2.75) is 6.42 Å². The molecule has 1 amide bonds. The maximum absolute atomic E-state index is 13.1. The number of nitrogens with zero attached hydrogens (tertiary/aromatic N) is 3. The number of hydrogen-bond donors (Lipinski definition) is 0. The van der Waals surface area contributed by atoms with Crippen molar-refractivity contribution in [2.75, 3.05) is 60.4 Å². The SMILES string of the molecule is COC[C@@]12CCN(C(=O)c3ccc(OC)nc3OC)C[C@@H]1CN(S(C)(=O)=O)C2. The third-order valence-electron chi connectivity index (χ3n) is 5.76. The van der Waals surface area contributed by atoms with Gasteiger partial charge in [-0.15, -0.1) is 0 Å². The molecule has 0 aliphatic carbocycles. The number of carbonyl (C=O) groups excluding carboxylic acids is 1. The molecule has 2 fully saturated rings. The first kappa shape index (κ1) is 20.8. The van der Waals surface area contributed by atoms with E-state index in [0.717, 1.165) is 0 Å². The maximum atomic E-state index is 13.1. The summed E-state index contributed by atoms with van der Waals surface area (Å²) >= 11 is 0. The number of carbonyl (C=O) groups is 1. The van der Waals surface area contributed by atoms with E-state index in [-0.39, 0.29) is 23.1 Å². The average molecular weight is 413 g/mol. The largest absolute Gasteiger partial charge is 0.481 e. The van der Waals surface area contributed by atoms with Crippen molar-refractivity contribution in [3.05, 3.63) is 17.7 Å². The first-order valence-electron chi connectivity index (χ1n) is 9.06. The fourth-order valence-electron chi connectivity index (χ4n) is 4.22. The summed E-state index contributed by atoms with van der Waals surface area (Å²) in [6, 6.07) is 3.26. The van der Waals surface area contributed by atoms with E-state index in [1.165, 1.54) is 24.8 Å². The van der Waals surface area contributed by atoms with Crippen LogP contribution in [0.3, 0.4) is 0 Å².